The second-order valence-electron chi connectivity index (χ2n) is 3.82. The van der Waals surface area contributed by atoms with Crippen LogP contribution in [0, 0.1) is 0 Å². The van der Waals surface area contributed by atoms with Crippen molar-refractivity contribution >= 4 is 6.09 Å². The first-order valence-electron chi connectivity index (χ1n) is 5.61. The number of carboxylic acid groups (broad SMARTS) is 1. The van der Waals surface area contributed by atoms with Gasteiger partial charge in [-0.15, -0.1) is 0 Å². The minimum Gasteiger partial charge on any atom is -0.465 e. The van der Waals surface area contributed by atoms with Crippen LogP contribution in [0.3, 0.4) is 0 Å². The summed E-state index contributed by atoms with van der Waals surface area (Å²) in [6.07, 6.45) is -1.16. The molecule has 0 saturated carbocycles. The van der Waals surface area contributed by atoms with E-state index in [1.165, 1.54) is 24.3 Å². The predicted octanol–water partition coefficient (Wildman–Crippen LogP) is 2.32. The molecule has 0 radical (unpaired) electrons. The maximum Gasteiger partial charge on any atom is 0.407 e. The van der Waals surface area contributed by atoms with E-state index >= 15 is 0 Å². The van der Waals surface area contributed by atoms with Gasteiger partial charge in [-0.1, -0.05) is 12.1 Å². The summed E-state index contributed by atoms with van der Waals surface area (Å²) >= 11 is 0. The van der Waals surface area contributed by atoms with Crippen molar-refractivity contribution in [2.45, 2.75) is 19.6 Å². The zero-order valence-electron chi connectivity index (χ0n) is 10.3. The zero-order chi connectivity index (χ0) is 14.4. The monoisotopic (exact) mass is 275 g/mol. The number of halogens is 2. The molecule has 1 aromatic carbocycles. The van der Waals surface area contributed by atoms with Crippen LogP contribution in [0.2, 0.25) is 0 Å². The number of hydrogen-bond acceptors (Lipinski definition) is 3. The molecule has 1 aromatic rings. The molecule has 1 unspecified atom stereocenters. The molecule has 7 heteroatoms. The molecule has 1 amide bonds. The number of aliphatic hydroxyl groups is 1. The van der Waals surface area contributed by atoms with Gasteiger partial charge in [0.2, 0.25) is 0 Å². The topological polar surface area (TPSA) is 70.0 Å². The van der Waals surface area contributed by atoms with Gasteiger partial charge in [0.15, 0.2) is 0 Å². The van der Waals surface area contributed by atoms with Gasteiger partial charge in [-0.3, -0.25) is 4.90 Å². The number of carbonyl (C=O) groups is 1. The minimum absolute atomic E-state index is 0.00924. The van der Waals surface area contributed by atoms with E-state index in [0.29, 0.717) is 5.56 Å². The van der Waals surface area contributed by atoms with Crippen molar-refractivity contribution in [2.75, 3.05) is 13.2 Å². The Labute approximate surface area is 109 Å². The fourth-order valence-corrected chi connectivity index (χ4v) is 1.67. The van der Waals surface area contributed by atoms with Gasteiger partial charge in [0.05, 0.1) is 12.6 Å². The summed E-state index contributed by atoms with van der Waals surface area (Å²) in [5.41, 5.74) is 0.623. The maximum absolute atomic E-state index is 12.0. The third kappa shape index (κ3) is 4.36. The highest BCUT2D eigenvalue weighted by molar-refractivity contribution is 5.65. The molecule has 1 atom stereocenters. The average Bonchev–Trinajstić information content (AvgIpc) is 2.35. The summed E-state index contributed by atoms with van der Waals surface area (Å²) in [5, 5.41) is 17.8. The van der Waals surface area contributed by atoms with Crippen molar-refractivity contribution in [3.05, 3.63) is 29.8 Å². The second-order valence-corrected chi connectivity index (χ2v) is 3.82. The van der Waals surface area contributed by atoms with E-state index in [2.05, 4.69) is 4.74 Å². The van der Waals surface area contributed by atoms with E-state index in [0.717, 1.165) is 4.90 Å². The van der Waals surface area contributed by atoms with Gasteiger partial charge in [-0.25, -0.2) is 4.79 Å². The van der Waals surface area contributed by atoms with Crippen LogP contribution in [0.25, 0.3) is 0 Å². The Bertz CT molecular complexity index is 411. The van der Waals surface area contributed by atoms with E-state index in [9.17, 15) is 13.6 Å². The van der Waals surface area contributed by atoms with Crippen LogP contribution in [0.5, 0.6) is 5.75 Å². The molecule has 0 aliphatic heterocycles. The standard InChI is InChI=1S/C12H15F2NO4/c1-8(15(6-7-16)12(17)18)9-2-4-10(5-3-9)19-11(13)14/h2-5,8,11,16H,6-7H2,1H3,(H,17,18). The Balaban J connectivity index is 2.81. The normalized spacial score (nSPS) is 12.3. The number of aliphatic hydroxyl groups excluding tert-OH is 1. The van der Waals surface area contributed by atoms with Gasteiger partial charge in [0.25, 0.3) is 0 Å². The van der Waals surface area contributed by atoms with Crippen molar-refractivity contribution in [3.63, 3.8) is 0 Å². The Hall–Kier alpha value is -1.89. The molecule has 0 aliphatic carbocycles. The molecule has 0 heterocycles. The van der Waals surface area contributed by atoms with Crippen LogP contribution in [0.1, 0.15) is 18.5 Å². The SMILES string of the molecule is CC(c1ccc(OC(F)F)cc1)N(CCO)C(=O)O. The average molecular weight is 275 g/mol. The highest BCUT2D eigenvalue weighted by atomic mass is 19.3. The van der Waals surface area contributed by atoms with E-state index < -0.39 is 18.7 Å². The molecule has 2 N–H and O–H groups in total. The van der Waals surface area contributed by atoms with Crippen molar-refractivity contribution < 1.29 is 28.5 Å². The highest BCUT2D eigenvalue weighted by Gasteiger charge is 2.20. The molecular weight excluding hydrogens is 260 g/mol. The third-order valence-corrected chi connectivity index (χ3v) is 2.64. The fraction of sp³-hybridized carbons (Fsp3) is 0.417. The summed E-state index contributed by atoms with van der Waals surface area (Å²) in [4.78, 5) is 12.1. The first-order valence-corrected chi connectivity index (χ1v) is 5.61. The number of alkyl halides is 2. The van der Waals surface area contributed by atoms with Gasteiger partial charge in [-0.2, -0.15) is 8.78 Å². The summed E-state index contributed by atoms with van der Waals surface area (Å²) in [6, 6.07) is 5.21. The number of ether oxygens (including phenoxy) is 1. The summed E-state index contributed by atoms with van der Waals surface area (Å²) in [6.45, 7) is -1.56. The second kappa shape index (κ2) is 6.89. The first-order chi connectivity index (χ1) is 8.95. The van der Waals surface area contributed by atoms with Gasteiger partial charge in [0.1, 0.15) is 5.75 Å². The smallest absolute Gasteiger partial charge is 0.407 e. The van der Waals surface area contributed by atoms with Crippen LogP contribution in [0.15, 0.2) is 24.3 Å². The van der Waals surface area contributed by atoms with E-state index in [1.807, 2.05) is 0 Å². The van der Waals surface area contributed by atoms with E-state index in [-0.39, 0.29) is 18.9 Å². The highest BCUT2D eigenvalue weighted by Crippen LogP contribution is 2.23. The van der Waals surface area contributed by atoms with Gasteiger partial charge in [-0.05, 0) is 24.6 Å². The molecule has 0 aromatic heterocycles. The third-order valence-electron chi connectivity index (χ3n) is 2.64. The number of hydrogen-bond donors (Lipinski definition) is 2. The molecule has 5 nitrogen and oxygen atoms in total. The van der Waals surface area contributed by atoms with Crippen LogP contribution in [-0.2, 0) is 0 Å². The van der Waals surface area contributed by atoms with Crippen molar-refractivity contribution in [3.8, 4) is 5.75 Å². The van der Waals surface area contributed by atoms with Crippen molar-refractivity contribution in [2.24, 2.45) is 0 Å². The molecule has 0 aliphatic rings. The van der Waals surface area contributed by atoms with Crippen molar-refractivity contribution in [1.29, 1.82) is 0 Å². The lowest BCUT2D eigenvalue weighted by atomic mass is 10.1. The van der Waals surface area contributed by atoms with Crippen LogP contribution >= 0.6 is 0 Å². The number of amides is 1. The Morgan fingerprint density at radius 3 is 2.37 bits per heavy atom. The van der Waals surface area contributed by atoms with E-state index in [4.69, 9.17) is 10.2 Å². The predicted molar refractivity (Wildman–Crippen MR) is 63.3 cm³/mol. The maximum atomic E-state index is 12.0. The quantitative estimate of drug-likeness (QED) is 0.836. The Morgan fingerprint density at radius 2 is 1.95 bits per heavy atom. The van der Waals surface area contributed by atoms with Gasteiger partial charge in [0, 0.05) is 6.54 Å². The minimum atomic E-state index is -2.90. The van der Waals surface area contributed by atoms with E-state index in [1.54, 1.807) is 6.92 Å². The molecular formula is C12H15F2NO4. The Kier molecular flexibility index (Phi) is 5.50. The number of nitrogens with zero attached hydrogens (tertiary/aromatic N) is 1. The number of rotatable bonds is 6. The molecule has 19 heavy (non-hydrogen) atoms. The van der Waals surface area contributed by atoms with Crippen LogP contribution < -0.4 is 4.74 Å². The van der Waals surface area contributed by atoms with Gasteiger partial charge < -0.3 is 14.9 Å². The molecule has 0 spiro atoms. The van der Waals surface area contributed by atoms with Crippen molar-refractivity contribution in [1.82, 2.24) is 4.90 Å². The Morgan fingerprint density at radius 1 is 1.37 bits per heavy atom. The molecule has 106 valence electrons. The fourth-order valence-electron chi connectivity index (χ4n) is 1.67. The first kappa shape index (κ1) is 15.2. The molecule has 0 bridgehead atoms. The molecule has 0 fully saturated rings. The molecule has 1 rings (SSSR count). The zero-order valence-corrected chi connectivity index (χ0v) is 10.3. The molecule has 0 saturated heterocycles. The number of benzene rings is 1. The summed E-state index contributed by atoms with van der Waals surface area (Å²) in [7, 11) is 0. The lowest BCUT2D eigenvalue weighted by Gasteiger charge is -2.26. The van der Waals surface area contributed by atoms with Crippen LogP contribution in [-0.4, -0.2) is 41.0 Å². The summed E-state index contributed by atoms with van der Waals surface area (Å²) in [5.74, 6) is 0.00924. The lowest BCUT2D eigenvalue weighted by molar-refractivity contribution is -0.0498. The van der Waals surface area contributed by atoms with Gasteiger partial charge >= 0.3 is 12.7 Å². The lowest BCUT2D eigenvalue weighted by Crippen LogP contribution is -2.34. The van der Waals surface area contributed by atoms with Crippen LogP contribution in [0.4, 0.5) is 13.6 Å². The summed E-state index contributed by atoms with van der Waals surface area (Å²) < 4.78 is 28.2. The largest absolute Gasteiger partial charge is 0.465 e.